The Morgan fingerprint density at radius 3 is 2.40 bits per heavy atom. The van der Waals surface area contributed by atoms with E-state index in [2.05, 4.69) is 26.8 Å². The molecule has 0 aliphatic carbocycles. The van der Waals surface area contributed by atoms with Gasteiger partial charge in [-0.15, -0.1) is 0 Å². The summed E-state index contributed by atoms with van der Waals surface area (Å²) in [5, 5.41) is 0. The molecule has 3 heterocycles. The summed E-state index contributed by atoms with van der Waals surface area (Å²) in [6.45, 7) is 0.606. The van der Waals surface area contributed by atoms with Crippen LogP contribution in [-0.4, -0.2) is 53.7 Å². The van der Waals surface area contributed by atoms with E-state index >= 15 is 0 Å². The summed E-state index contributed by atoms with van der Waals surface area (Å²) in [7, 11) is 0. The zero-order valence-corrected chi connectivity index (χ0v) is 16.3. The largest absolute Gasteiger partial charge is 0.468 e. The molecule has 2 aliphatic rings. The number of aromatic nitrogens is 1. The third-order valence-electron chi connectivity index (χ3n) is 5.66. The third kappa shape index (κ3) is 4.99. The van der Waals surface area contributed by atoms with E-state index in [1.807, 2.05) is 18.2 Å². The molecule has 4 rings (SSSR count). The van der Waals surface area contributed by atoms with E-state index < -0.39 is 12.8 Å². The molecule has 5 nitrogen and oxygen atoms in total. The Bertz CT molecular complexity index is 844. The molecule has 0 spiro atoms. The van der Waals surface area contributed by atoms with Crippen molar-refractivity contribution in [3.05, 3.63) is 59.8 Å². The number of carbonyl (C=O) groups excluding carboxylic acids is 1. The van der Waals surface area contributed by atoms with Crippen LogP contribution in [0.1, 0.15) is 28.8 Å². The van der Waals surface area contributed by atoms with Gasteiger partial charge in [0.25, 0.3) is 0 Å². The Morgan fingerprint density at radius 2 is 1.80 bits per heavy atom. The number of ether oxygens (including phenoxy) is 2. The van der Waals surface area contributed by atoms with Crippen LogP contribution in [0.4, 0.5) is 13.2 Å². The lowest BCUT2D eigenvalue weighted by Crippen LogP contribution is -2.57. The lowest BCUT2D eigenvalue weighted by atomic mass is 9.80. The second-order valence-corrected chi connectivity index (χ2v) is 7.82. The number of fused-ring (bicyclic) bond motifs is 2. The SMILES string of the molecule is O=C(c1ccc(OCC(F)(F)F)nc1)C1CC2COCC(C1)N2Cc1ccccc1. The van der Waals surface area contributed by atoms with Crippen LogP contribution in [0, 0.1) is 5.92 Å². The molecule has 2 saturated heterocycles. The highest BCUT2D eigenvalue weighted by Gasteiger charge is 2.41. The molecule has 2 unspecified atom stereocenters. The van der Waals surface area contributed by atoms with Crippen molar-refractivity contribution >= 4 is 5.78 Å². The molecule has 0 radical (unpaired) electrons. The van der Waals surface area contributed by atoms with E-state index in [0.29, 0.717) is 31.6 Å². The molecule has 8 heteroatoms. The van der Waals surface area contributed by atoms with Gasteiger partial charge in [0.1, 0.15) is 0 Å². The summed E-state index contributed by atoms with van der Waals surface area (Å²) < 4.78 is 47.1. The molecular weight excluding hydrogens is 397 g/mol. The molecule has 2 atom stereocenters. The Morgan fingerprint density at radius 1 is 1.10 bits per heavy atom. The minimum Gasteiger partial charge on any atom is -0.468 e. The maximum atomic E-state index is 13.0. The van der Waals surface area contributed by atoms with Crippen molar-refractivity contribution < 1.29 is 27.4 Å². The van der Waals surface area contributed by atoms with Gasteiger partial charge in [-0.05, 0) is 24.5 Å². The number of alkyl halides is 3. The number of piperidine rings is 1. The number of carbonyl (C=O) groups is 1. The summed E-state index contributed by atoms with van der Waals surface area (Å²) in [6.07, 6.45) is -1.75. The van der Waals surface area contributed by atoms with Crippen LogP contribution in [0.3, 0.4) is 0 Å². The molecule has 2 fully saturated rings. The first kappa shape index (κ1) is 20.8. The normalized spacial score (nSPS) is 24.4. The Labute approximate surface area is 172 Å². The van der Waals surface area contributed by atoms with Crippen LogP contribution in [0.5, 0.6) is 5.88 Å². The second kappa shape index (κ2) is 8.73. The van der Waals surface area contributed by atoms with Gasteiger partial charge in [-0.25, -0.2) is 4.98 Å². The zero-order chi connectivity index (χ0) is 21.1. The monoisotopic (exact) mass is 420 g/mol. The molecule has 30 heavy (non-hydrogen) atoms. The predicted octanol–water partition coefficient (Wildman–Crippen LogP) is 3.89. The van der Waals surface area contributed by atoms with Crippen LogP contribution in [0.15, 0.2) is 48.7 Å². The van der Waals surface area contributed by atoms with Crippen LogP contribution in [0.25, 0.3) is 0 Å². The Balaban J connectivity index is 1.40. The molecule has 160 valence electrons. The number of Topliss-reactive ketones (excluding diaryl/α,β-unsaturated/α-hetero) is 1. The van der Waals surface area contributed by atoms with Gasteiger partial charge < -0.3 is 9.47 Å². The van der Waals surface area contributed by atoms with E-state index in [0.717, 1.165) is 6.54 Å². The van der Waals surface area contributed by atoms with Crippen LogP contribution in [-0.2, 0) is 11.3 Å². The average molecular weight is 420 g/mol. The van der Waals surface area contributed by atoms with Crippen LogP contribution in [0.2, 0.25) is 0 Å². The summed E-state index contributed by atoms with van der Waals surface area (Å²) in [6, 6.07) is 13.4. The minimum absolute atomic E-state index is 0.0267. The van der Waals surface area contributed by atoms with Gasteiger partial charge in [0.15, 0.2) is 12.4 Å². The molecule has 2 aliphatic heterocycles. The van der Waals surface area contributed by atoms with Gasteiger partial charge in [-0.3, -0.25) is 9.69 Å². The maximum Gasteiger partial charge on any atom is 0.422 e. The van der Waals surface area contributed by atoms with Crippen molar-refractivity contribution in [2.24, 2.45) is 5.92 Å². The highest BCUT2D eigenvalue weighted by molar-refractivity contribution is 5.97. The van der Waals surface area contributed by atoms with Crippen molar-refractivity contribution in [1.82, 2.24) is 9.88 Å². The fourth-order valence-corrected chi connectivity index (χ4v) is 4.26. The van der Waals surface area contributed by atoms with Crippen molar-refractivity contribution in [2.75, 3.05) is 19.8 Å². The van der Waals surface area contributed by atoms with Gasteiger partial charge >= 0.3 is 6.18 Å². The topological polar surface area (TPSA) is 51.7 Å². The first-order valence-corrected chi connectivity index (χ1v) is 9.96. The first-order valence-electron chi connectivity index (χ1n) is 9.96. The van der Waals surface area contributed by atoms with E-state index in [1.165, 1.54) is 23.9 Å². The van der Waals surface area contributed by atoms with E-state index in [-0.39, 0.29) is 29.7 Å². The highest BCUT2D eigenvalue weighted by Crippen LogP contribution is 2.34. The predicted molar refractivity (Wildman–Crippen MR) is 103 cm³/mol. The fourth-order valence-electron chi connectivity index (χ4n) is 4.26. The number of morpholine rings is 1. The number of halogens is 3. The van der Waals surface area contributed by atoms with Crippen molar-refractivity contribution in [2.45, 2.75) is 37.6 Å². The van der Waals surface area contributed by atoms with Crippen LogP contribution >= 0.6 is 0 Å². The molecule has 2 aromatic rings. The number of nitrogens with zero attached hydrogens (tertiary/aromatic N) is 2. The number of ketones is 1. The van der Waals surface area contributed by atoms with E-state index in [1.54, 1.807) is 0 Å². The van der Waals surface area contributed by atoms with E-state index in [4.69, 9.17) is 4.74 Å². The molecule has 1 aromatic heterocycles. The minimum atomic E-state index is -4.43. The smallest absolute Gasteiger partial charge is 0.422 e. The summed E-state index contributed by atoms with van der Waals surface area (Å²) >= 11 is 0. The Kier molecular flexibility index (Phi) is 6.06. The van der Waals surface area contributed by atoms with Crippen molar-refractivity contribution in [3.63, 3.8) is 0 Å². The molecule has 0 N–H and O–H groups in total. The average Bonchev–Trinajstić information content (AvgIpc) is 2.72. The third-order valence-corrected chi connectivity index (χ3v) is 5.66. The first-order chi connectivity index (χ1) is 14.4. The van der Waals surface area contributed by atoms with Gasteiger partial charge in [0.2, 0.25) is 5.88 Å². The summed E-state index contributed by atoms with van der Waals surface area (Å²) in [5.41, 5.74) is 1.63. The lowest BCUT2D eigenvalue weighted by molar-refractivity contribution is -0.154. The number of pyridine rings is 1. The summed E-state index contributed by atoms with van der Waals surface area (Å²) in [4.78, 5) is 19.3. The summed E-state index contributed by atoms with van der Waals surface area (Å²) in [5.74, 6) is -0.326. The van der Waals surface area contributed by atoms with Crippen molar-refractivity contribution in [1.29, 1.82) is 0 Å². The van der Waals surface area contributed by atoms with Crippen molar-refractivity contribution in [3.8, 4) is 5.88 Å². The molecule has 2 bridgehead atoms. The lowest BCUT2D eigenvalue weighted by Gasteiger charge is -2.48. The Hall–Kier alpha value is -2.45. The number of benzene rings is 1. The molecular formula is C22H23F3N2O3. The van der Waals surface area contributed by atoms with Gasteiger partial charge in [0, 0.05) is 42.4 Å². The molecule has 0 saturated carbocycles. The van der Waals surface area contributed by atoms with Crippen LogP contribution < -0.4 is 4.74 Å². The highest BCUT2D eigenvalue weighted by atomic mass is 19.4. The quantitative estimate of drug-likeness (QED) is 0.664. The maximum absolute atomic E-state index is 13.0. The van der Waals surface area contributed by atoms with E-state index in [9.17, 15) is 18.0 Å². The number of rotatable bonds is 6. The standard InChI is InChI=1S/C22H23F3N2O3/c23-22(24,25)14-30-20-7-6-16(10-26-20)21(28)17-8-18-12-29-13-19(9-17)27(18)11-15-4-2-1-3-5-15/h1-7,10,17-19H,8-9,11-14H2. The van der Waals surface area contributed by atoms with Gasteiger partial charge in [-0.2, -0.15) is 13.2 Å². The zero-order valence-electron chi connectivity index (χ0n) is 16.3. The second-order valence-electron chi connectivity index (χ2n) is 7.82. The fraction of sp³-hybridized carbons (Fsp3) is 0.455. The number of hydrogen-bond donors (Lipinski definition) is 0. The molecule has 0 amide bonds. The van der Waals surface area contributed by atoms with Gasteiger partial charge in [-0.1, -0.05) is 30.3 Å². The number of hydrogen-bond acceptors (Lipinski definition) is 5. The molecule has 1 aromatic carbocycles. The van der Waals surface area contributed by atoms with Gasteiger partial charge in [0.05, 0.1) is 13.2 Å².